The summed E-state index contributed by atoms with van der Waals surface area (Å²) in [6.45, 7) is 0.890. The molecule has 1 aromatic heterocycles. The van der Waals surface area contributed by atoms with Gasteiger partial charge in [0.2, 0.25) is 0 Å². The summed E-state index contributed by atoms with van der Waals surface area (Å²) < 4.78 is 6.82. The number of fused-ring (bicyclic) bond motifs is 1. The Kier molecular flexibility index (Phi) is 6.72. The van der Waals surface area contributed by atoms with Crippen LogP contribution >= 0.6 is 0 Å². The van der Waals surface area contributed by atoms with E-state index in [0.717, 1.165) is 34.4 Å². The maximum Gasteiger partial charge on any atom is 0.330 e. The summed E-state index contributed by atoms with van der Waals surface area (Å²) in [7, 11) is 0. The minimum Gasteiger partial charge on any atom is -0.493 e. The number of amides is 1. The summed E-state index contributed by atoms with van der Waals surface area (Å²) in [6.07, 6.45) is 3.93. The molecular formula is C29H26N4O4. The van der Waals surface area contributed by atoms with E-state index in [1.807, 2.05) is 78.9 Å². The second-order valence-electron chi connectivity index (χ2n) is 8.77. The highest BCUT2D eigenvalue weighted by Crippen LogP contribution is 2.26. The molecule has 5 rings (SSSR count). The number of carbonyl (C=O) groups excluding carboxylic acids is 1. The molecule has 0 fully saturated rings. The van der Waals surface area contributed by atoms with Crippen LogP contribution in [0, 0.1) is 0 Å². The number of H-pyrrole nitrogens is 1. The van der Waals surface area contributed by atoms with Crippen LogP contribution in [0.15, 0.2) is 94.5 Å². The van der Waals surface area contributed by atoms with Gasteiger partial charge < -0.3 is 10.5 Å². The predicted octanol–water partition coefficient (Wildman–Crippen LogP) is 3.35. The molecule has 1 aliphatic heterocycles. The number of anilines is 2. The highest BCUT2D eigenvalue weighted by Gasteiger charge is 2.23. The van der Waals surface area contributed by atoms with Crippen LogP contribution in [0.1, 0.15) is 22.3 Å². The second-order valence-corrected chi connectivity index (χ2v) is 8.77. The van der Waals surface area contributed by atoms with E-state index in [0.29, 0.717) is 6.61 Å². The lowest BCUT2D eigenvalue weighted by Gasteiger charge is -2.23. The lowest BCUT2D eigenvalue weighted by atomic mass is 10.1. The fraction of sp³-hybridized carbons (Fsp3) is 0.138. The molecule has 0 saturated heterocycles. The average Bonchev–Trinajstić information content (AvgIpc) is 3.38. The van der Waals surface area contributed by atoms with Crippen molar-refractivity contribution in [3.05, 3.63) is 128 Å². The van der Waals surface area contributed by atoms with Crippen LogP contribution in [0.3, 0.4) is 0 Å². The molecule has 4 aromatic rings. The van der Waals surface area contributed by atoms with E-state index in [2.05, 4.69) is 4.98 Å². The molecule has 0 unspecified atom stereocenters. The second kappa shape index (κ2) is 10.4. The molecule has 0 radical (unpaired) electrons. The molecular weight excluding hydrogens is 468 g/mol. The maximum atomic E-state index is 13.5. The molecule has 0 aliphatic carbocycles. The number of ether oxygens (including phenoxy) is 1. The number of benzene rings is 3. The molecule has 0 saturated carbocycles. The number of nitrogens with two attached hydrogens (primary N) is 1. The Hall–Kier alpha value is -4.85. The third kappa shape index (κ3) is 5.23. The van der Waals surface area contributed by atoms with Gasteiger partial charge in [-0.3, -0.25) is 24.0 Å². The Balaban J connectivity index is 1.53. The van der Waals surface area contributed by atoms with Gasteiger partial charge in [0.25, 0.3) is 11.5 Å². The average molecular weight is 495 g/mol. The number of carbonyl (C=O) groups is 1. The first-order valence-corrected chi connectivity index (χ1v) is 12.0. The number of rotatable bonds is 7. The lowest BCUT2D eigenvalue weighted by molar-refractivity contribution is -0.114. The van der Waals surface area contributed by atoms with Gasteiger partial charge in [-0.15, -0.1) is 0 Å². The van der Waals surface area contributed by atoms with E-state index in [4.69, 9.17) is 10.5 Å². The standard InChI is InChI=1S/C29H26N4O4/c30-27-26(28(35)31-29(36)33(27)19-22-9-5-2-6-10-22)32(18-21-7-3-1-4-8-21)25(34)14-12-20-11-13-24-23(17-20)15-16-37-24/h1-14,17H,15-16,18-19,30H2,(H,31,35,36)/b14-12+. The van der Waals surface area contributed by atoms with Crippen molar-refractivity contribution in [1.29, 1.82) is 0 Å². The maximum absolute atomic E-state index is 13.5. The van der Waals surface area contributed by atoms with E-state index in [-0.39, 0.29) is 24.6 Å². The van der Waals surface area contributed by atoms with Crippen LogP contribution in [0.4, 0.5) is 11.5 Å². The number of nitrogen functional groups attached to an aromatic ring is 1. The molecule has 2 heterocycles. The van der Waals surface area contributed by atoms with Crippen LogP contribution < -0.4 is 26.6 Å². The molecule has 186 valence electrons. The lowest BCUT2D eigenvalue weighted by Crippen LogP contribution is -2.40. The van der Waals surface area contributed by atoms with Gasteiger partial charge in [0, 0.05) is 12.5 Å². The Morgan fingerprint density at radius 2 is 1.70 bits per heavy atom. The quantitative estimate of drug-likeness (QED) is 0.383. The summed E-state index contributed by atoms with van der Waals surface area (Å²) in [5.41, 5.74) is 8.53. The van der Waals surface area contributed by atoms with E-state index in [1.54, 1.807) is 6.08 Å². The van der Waals surface area contributed by atoms with Gasteiger partial charge in [-0.2, -0.15) is 0 Å². The largest absolute Gasteiger partial charge is 0.493 e. The molecule has 0 atom stereocenters. The summed E-state index contributed by atoms with van der Waals surface area (Å²) >= 11 is 0. The zero-order chi connectivity index (χ0) is 25.8. The van der Waals surface area contributed by atoms with Gasteiger partial charge in [-0.05, 0) is 40.5 Å². The van der Waals surface area contributed by atoms with Gasteiger partial charge in [0.1, 0.15) is 11.6 Å². The van der Waals surface area contributed by atoms with Crippen LogP contribution in [-0.2, 0) is 24.3 Å². The first-order chi connectivity index (χ1) is 18.0. The minimum absolute atomic E-state index is 0.0728. The topological polar surface area (TPSA) is 110 Å². The van der Waals surface area contributed by atoms with Crippen molar-refractivity contribution in [2.24, 2.45) is 0 Å². The SMILES string of the molecule is Nc1c(N(Cc2ccccc2)C(=O)/C=C/c2ccc3c(c2)CCO3)c(=O)[nH]c(=O)n1Cc1ccccc1. The highest BCUT2D eigenvalue weighted by molar-refractivity contribution is 6.05. The molecule has 3 N–H and O–H groups in total. The monoisotopic (exact) mass is 494 g/mol. The fourth-order valence-electron chi connectivity index (χ4n) is 4.36. The molecule has 8 nitrogen and oxygen atoms in total. The number of nitrogens with one attached hydrogen (secondary N) is 1. The first kappa shape index (κ1) is 23.9. The normalized spacial score (nSPS) is 12.3. The minimum atomic E-state index is -0.723. The summed E-state index contributed by atoms with van der Waals surface area (Å²) in [4.78, 5) is 42.9. The van der Waals surface area contributed by atoms with Crippen LogP contribution in [-0.4, -0.2) is 22.1 Å². The van der Waals surface area contributed by atoms with Crippen molar-refractivity contribution >= 4 is 23.5 Å². The number of nitrogens with zero attached hydrogens (tertiary/aromatic N) is 2. The Labute approximate surface area is 213 Å². The van der Waals surface area contributed by atoms with Gasteiger partial charge >= 0.3 is 5.69 Å². The summed E-state index contributed by atoms with van der Waals surface area (Å²) in [5.74, 6) is 0.335. The van der Waals surface area contributed by atoms with Gasteiger partial charge in [-0.1, -0.05) is 66.7 Å². The van der Waals surface area contributed by atoms with Crippen LogP contribution in [0.25, 0.3) is 6.08 Å². The van der Waals surface area contributed by atoms with E-state index in [1.165, 1.54) is 15.5 Å². The van der Waals surface area contributed by atoms with Crippen molar-refractivity contribution < 1.29 is 9.53 Å². The Morgan fingerprint density at radius 1 is 1.00 bits per heavy atom. The van der Waals surface area contributed by atoms with E-state index < -0.39 is 17.2 Å². The van der Waals surface area contributed by atoms with Gasteiger partial charge in [-0.25, -0.2) is 4.79 Å². The number of aromatic nitrogens is 2. The molecule has 37 heavy (non-hydrogen) atoms. The van der Waals surface area contributed by atoms with Crippen molar-refractivity contribution in [2.45, 2.75) is 19.5 Å². The van der Waals surface area contributed by atoms with Crippen molar-refractivity contribution in [3.63, 3.8) is 0 Å². The van der Waals surface area contributed by atoms with Crippen LogP contribution in [0.5, 0.6) is 5.75 Å². The molecule has 1 aliphatic rings. The molecule has 1 amide bonds. The smallest absolute Gasteiger partial charge is 0.330 e. The van der Waals surface area contributed by atoms with E-state index >= 15 is 0 Å². The van der Waals surface area contributed by atoms with E-state index in [9.17, 15) is 14.4 Å². The molecule has 0 bridgehead atoms. The zero-order valence-electron chi connectivity index (χ0n) is 20.1. The third-order valence-electron chi connectivity index (χ3n) is 6.25. The van der Waals surface area contributed by atoms with Crippen LogP contribution in [0.2, 0.25) is 0 Å². The highest BCUT2D eigenvalue weighted by atomic mass is 16.5. The number of aromatic amines is 1. The molecule has 3 aromatic carbocycles. The summed E-state index contributed by atoms with van der Waals surface area (Å²) in [6, 6.07) is 24.3. The van der Waals surface area contributed by atoms with Gasteiger partial charge in [0.05, 0.1) is 19.7 Å². The predicted molar refractivity (Wildman–Crippen MR) is 144 cm³/mol. The number of hydrogen-bond acceptors (Lipinski definition) is 5. The Morgan fingerprint density at radius 3 is 2.43 bits per heavy atom. The fourth-order valence-corrected chi connectivity index (χ4v) is 4.36. The van der Waals surface area contributed by atoms with Crippen molar-refractivity contribution in [2.75, 3.05) is 17.2 Å². The summed E-state index contributed by atoms with van der Waals surface area (Å²) in [5, 5.41) is 0. The van der Waals surface area contributed by atoms with Crippen molar-refractivity contribution in [1.82, 2.24) is 9.55 Å². The third-order valence-corrected chi connectivity index (χ3v) is 6.25. The molecule has 0 spiro atoms. The first-order valence-electron chi connectivity index (χ1n) is 12.0. The Bertz CT molecular complexity index is 1570. The number of hydrogen-bond donors (Lipinski definition) is 2. The molecule has 8 heteroatoms. The van der Waals surface area contributed by atoms with Crippen molar-refractivity contribution in [3.8, 4) is 5.75 Å². The zero-order valence-corrected chi connectivity index (χ0v) is 20.1. The van der Waals surface area contributed by atoms with Gasteiger partial charge in [0.15, 0.2) is 5.69 Å².